The maximum Gasteiger partial charge on any atom is 0.313 e. The standard InChI is InChI=1S/C14H18ClN3O2S/c1-3-17(2)7-8-18-13-10(15)5-4-6-11(13)16-14(18)21-9-12(19)20/h4-6H,3,7-9H2,1-2H3,(H,19,20). The Morgan fingerprint density at radius 2 is 2.29 bits per heavy atom. The van der Waals surface area contributed by atoms with Crippen LogP contribution in [0.15, 0.2) is 23.4 Å². The number of nitrogens with zero attached hydrogens (tertiary/aromatic N) is 3. The largest absolute Gasteiger partial charge is 0.481 e. The fourth-order valence-corrected chi connectivity index (χ4v) is 3.02. The molecule has 0 aliphatic rings. The van der Waals surface area contributed by atoms with Gasteiger partial charge in [-0.05, 0) is 25.7 Å². The summed E-state index contributed by atoms with van der Waals surface area (Å²) >= 11 is 7.51. The van der Waals surface area contributed by atoms with E-state index in [0.29, 0.717) is 10.2 Å². The van der Waals surface area contributed by atoms with Crippen LogP contribution < -0.4 is 0 Å². The number of aliphatic carboxylic acids is 1. The van der Waals surface area contributed by atoms with E-state index in [1.807, 2.05) is 29.8 Å². The van der Waals surface area contributed by atoms with Crippen molar-refractivity contribution in [3.63, 3.8) is 0 Å². The van der Waals surface area contributed by atoms with Gasteiger partial charge in [0.05, 0.1) is 21.8 Å². The summed E-state index contributed by atoms with van der Waals surface area (Å²) in [6.07, 6.45) is 0. The molecule has 0 unspecified atom stereocenters. The highest BCUT2D eigenvalue weighted by Crippen LogP contribution is 2.29. The van der Waals surface area contributed by atoms with Gasteiger partial charge in [-0.3, -0.25) is 4.79 Å². The van der Waals surface area contributed by atoms with Crippen LogP contribution in [0, 0.1) is 0 Å². The van der Waals surface area contributed by atoms with E-state index in [4.69, 9.17) is 16.7 Å². The van der Waals surface area contributed by atoms with Crippen LogP contribution in [-0.4, -0.2) is 51.4 Å². The van der Waals surface area contributed by atoms with Gasteiger partial charge in [0.2, 0.25) is 0 Å². The molecule has 21 heavy (non-hydrogen) atoms. The zero-order chi connectivity index (χ0) is 15.4. The third kappa shape index (κ3) is 3.90. The van der Waals surface area contributed by atoms with E-state index >= 15 is 0 Å². The zero-order valence-corrected chi connectivity index (χ0v) is 13.6. The number of para-hydroxylation sites is 1. The SMILES string of the molecule is CCN(C)CCn1c(SCC(=O)O)nc2cccc(Cl)c21. The minimum Gasteiger partial charge on any atom is -0.481 e. The van der Waals surface area contributed by atoms with E-state index in [-0.39, 0.29) is 5.75 Å². The molecule has 0 fully saturated rings. The summed E-state index contributed by atoms with van der Waals surface area (Å²) in [5.74, 6) is -0.861. The van der Waals surface area contributed by atoms with Crippen LogP contribution in [0.4, 0.5) is 0 Å². The lowest BCUT2D eigenvalue weighted by molar-refractivity contribution is -0.133. The molecule has 1 aromatic carbocycles. The minimum atomic E-state index is -0.852. The summed E-state index contributed by atoms with van der Waals surface area (Å²) in [7, 11) is 2.05. The number of carboxylic acids is 1. The molecule has 0 saturated carbocycles. The van der Waals surface area contributed by atoms with Crippen LogP contribution in [0.25, 0.3) is 11.0 Å². The molecule has 2 aromatic rings. The smallest absolute Gasteiger partial charge is 0.313 e. The van der Waals surface area contributed by atoms with Crippen molar-refractivity contribution in [2.75, 3.05) is 25.9 Å². The molecule has 0 atom stereocenters. The number of carbonyl (C=O) groups is 1. The number of likely N-dealkylation sites (N-methyl/N-ethyl adjacent to an activating group) is 1. The van der Waals surface area contributed by atoms with E-state index in [1.165, 1.54) is 11.8 Å². The number of imidazole rings is 1. The Morgan fingerprint density at radius 1 is 1.52 bits per heavy atom. The maximum absolute atomic E-state index is 10.8. The van der Waals surface area contributed by atoms with Gasteiger partial charge >= 0.3 is 5.97 Å². The topological polar surface area (TPSA) is 58.4 Å². The third-order valence-electron chi connectivity index (χ3n) is 3.25. The van der Waals surface area contributed by atoms with Crippen LogP contribution in [0.5, 0.6) is 0 Å². The second-order valence-corrected chi connectivity index (χ2v) is 6.08. The fourth-order valence-electron chi connectivity index (χ4n) is 1.99. The van der Waals surface area contributed by atoms with Crippen molar-refractivity contribution in [2.45, 2.75) is 18.6 Å². The van der Waals surface area contributed by atoms with Crippen molar-refractivity contribution >= 4 is 40.4 Å². The number of rotatable bonds is 7. The number of hydrogen-bond acceptors (Lipinski definition) is 4. The average molecular weight is 328 g/mol. The summed E-state index contributed by atoms with van der Waals surface area (Å²) in [5.41, 5.74) is 1.67. The lowest BCUT2D eigenvalue weighted by Crippen LogP contribution is -2.23. The number of carboxylic acid groups (broad SMARTS) is 1. The zero-order valence-electron chi connectivity index (χ0n) is 12.0. The summed E-state index contributed by atoms with van der Waals surface area (Å²) in [6, 6.07) is 5.58. The Labute approximate surface area is 132 Å². The highest BCUT2D eigenvalue weighted by Gasteiger charge is 2.15. The van der Waals surface area contributed by atoms with Crippen molar-refractivity contribution in [1.82, 2.24) is 14.5 Å². The summed E-state index contributed by atoms with van der Waals surface area (Å²) in [4.78, 5) is 17.5. The van der Waals surface area contributed by atoms with Gasteiger partial charge < -0.3 is 14.6 Å². The predicted molar refractivity (Wildman–Crippen MR) is 86.3 cm³/mol. The Kier molecular flexibility index (Phi) is 5.50. The van der Waals surface area contributed by atoms with Gasteiger partial charge in [-0.25, -0.2) is 4.98 Å². The quantitative estimate of drug-likeness (QED) is 0.792. The average Bonchev–Trinajstić information content (AvgIpc) is 2.81. The first-order chi connectivity index (χ1) is 10.0. The summed E-state index contributed by atoms with van der Waals surface area (Å²) in [6.45, 7) is 4.64. The van der Waals surface area contributed by atoms with Crippen molar-refractivity contribution in [3.05, 3.63) is 23.2 Å². The van der Waals surface area contributed by atoms with E-state index in [9.17, 15) is 4.79 Å². The maximum atomic E-state index is 10.8. The predicted octanol–water partition coefficient (Wildman–Crippen LogP) is 2.82. The Morgan fingerprint density at radius 3 is 2.95 bits per heavy atom. The molecule has 0 aliphatic heterocycles. The molecule has 1 aromatic heterocycles. The molecule has 114 valence electrons. The minimum absolute atomic E-state index is 0.00937. The van der Waals surface area contributed by atoms with Crippen molar-refractivity contribution in [1.29, 1.82) is 0 Å². The lowest BCUT2D eigenvalue weighted by atomic mass is 10.3. The molecule has 0 aliphatic carbocycles. The van der Waals surface area contributed by atoms with Crippen LogP contribution in [0.3, 0.4) is 0 Å². The Balaban J connectivity index is 2.36. The first-order valence-electron chi connectivity index (χ1n) is 6.70. The van der Waals surface area contributed by atoms with Gasteiger partial charge in [-0.2, -0.15) is 0 Å². The van der Waals surface area contributed by atoms with Crippen molar-refractivity contribution < 1.29 is 9.90 Å². The number of aromatic nitrogens is 2. The van der Waals surface area contributed by atoms with Crippen molar-refractivity contribution in [3.8, 4) is 0 Å². The molecule has 5 nitrogen and oxygen atoms in total. The van der Waals surface area contributed by atoms with Crippen molar-refractivity contribution in [2.24, 2.45) is 0 Å². The Bertz CT molecular complexity index is 644. The molecule has 1 heterocycles. The normalized spacial score (nSPS) is 11.4. The number of thioether (sulfide) groups is 1. The second kappa shape index (κ2) is 7.15. The molecule has 2 rings (SSSR count). The molecular weight excluding hydrogens is 310 g/mol. The molecule has 0 spiro atoms. The third-order valence-corrected chi connectivity index (χ3v) is 4.52. The van der Waals surface area contributed by atoms with Gasteiger partial charge in [0.25, 0.3) is 0 Å². The molecular formula is C14H18ClN3O2S. The molecule has 0 bridgehead atoms. The number of benzene rings is 1. The first-order valence-corrected chi connectivity index (χ1v) is 8.07. The highest BCUT2D eigenvalue weighted by atomic mass is 35.5. The van der Waals surface area contributed by atoms with E-state index in [2.05, 4.69) is 16.8 Å². The van der Waals surface area contributed by atoms with E-state index in [1.54, 1.807) is 0 Å². The van der Waals surface area contributed by atoms with Gasteiger partial charge in [0.15, 0.2) is 5.16 Å². The monoisotopic (exact) mass is 327 g/mol. The van der Waals surface area contributed by atoms with E-state index < -0.39 is 5.97 Å². The number of hydrogen-bond donors (Lipinski definition) is 1. The van der Waals surface area contributed by atoms with Crippen LogP contribution >= 0.6 is 23.4 Å². The highest BCUT2D eigenvalue weighted by molar-refractivity contribution is 7.99. The lowest BCUT2D eigenvalue weighted by Gasteiger charge is -2.16. The molecule has 7 heteroatoms. The molecule has 1 N–H and O–H groups in total. The molecule has 0 saturated heterocycles. The van der Waals surface area contributed by atoms with Gasteiger partial charge in [0, 0.05) is 13.1 Å². The van der Waals surface area contributed by atoms with Gasteiger partial charge in [-0.15, -0.1) is 0 Å². The Hall–Kier alpha value is -1.24. The van der Waals surface area contributed by atoms with Crippen LogP contribution in [-0.2, 0) is 11.3 Å². The van der Waals surface area contributed by atoms with Gasteiger partial charge in [0.1, 0.15) is 0 Å². The summed E-state index contributed by atoms with van der Waals surface area (Å²) < 4.78 is 2.01. The molecule has 0 radical (unpaired) electrons. The van der Waals surface area contributed by atoms with Crippen LogP contribution in [0.2, 0.25) is 5.02 Å². The fraction of sp³-hybridized carbons (Fsp3) is 0.429. The molecule has 0 amide bonds. The summed E-state index contributed by atoms with van der Waals surface area (Å²) in [5, 5.41) is 10.2. The number of halogens is 1. The van der Waals surface area contributed by atoms with E-state index in [0.717, 1.165) is 30.7 Å². The second-order valence-electron chi connectivity index (χ2n) is 4.73. The van der Waals surface area contributed by atoms with Crippen LogP contribution in [0.1, 0.15) is 6.92 Å². The van der Waals surface area contributed by atoms with Gasteiger partial charge in [-0.1, -0.05) is 36.4 Å². The first kappa shape index (κ1) is 16.1. The number of fused-ring (bicyclic) bond motifs is 1.